The Kier molecular flexibility index (Phi) is 5.50. The van der Waals surface area contributed by atoms with Gasteiger partial charge in [-0.05, 0) is 12.1 Å². The smallest absolute Gasteiger partial charge is 0.419 e. The molecule has 1 aliphatic heterocycles. The van der Waals surface area contributed by atoms with Crippen LogP contribution in [0, 0.1) is 11.8 Å². The molecule has 1 heterocycles. The Labute approximate surface area is 139 Å². The SMILES string of the molecule is O=C(O)[C@@H]1CN(CCOc2ccccc2C(F)(F)F)C[C@H]1C(F)(F)F. The lowest BCUT2D eigenvalue weighted by molar-refractivity contribution is -0.188. The van der Waals surface area contributed by atoms with Gasteiger partial charge >= 0.3 is 18.3 Å². The van der Waals surface area contributed by atoms with E-state index in [1.165, 1.54) is 17.0 Å². The van der Waals surface area contributed by atoms with E-state index >= 15 is 0 Å². The zero-order chi connectivity index (χ0) is 18.8. The fourth-order valence-corrected chi connectivity index (χ4v) is 2.76. The number of aliphatic carboxylic acids is 1. The zero-order valence-electron chi connectivity index (χ0n) is 12.8. The molecule has 10 heteroatoms. The highest BCUT2D eigenvalue weighted by Gasteiger charge is 2.52. The van der Waals surface area contributed by atoms with Crippen LogP contribution in [0.3, 0.4) is 0 Å². The fraction of sp³-hybridized carbons (Fsp3) is 0.533. The quantitative estimate of drug-likeness (QED) is 0.808. The lowest BCUT2D eigenvalue weighted by Gasteiger charge is -2.19. The molecule has 0 aromatic heterocycles. The molecule has 1 N–H and O–H groups in total. The van der Waals surface area contributed by atoms with Crippen molar-refractivity contribution in [2.45, 2.75) is 12.4 Å². The number of carbonyl (C=O) groups is 1. The van der Waals surface area contributed by atoms with Gasteiger partial charge in [-0.2, -0.15) is 26.3 Å². The largest absolute Gasteiger partial charge is 0.492 e. The number of alkyl halides is 6. The zero-order valence-corrected chi connectivity index (χ0v) is 12.8. The van der Waals surface area contributed by atoms with Gasteiger partial charge in [-0.1, -0.05) is 12.1 Å². The Morgan fingerprint density at radius 3 is 2.32 bits per heavy atom. The molecular formula is C15H15F6NO3. The third-order valence-corrected chi connectivity index (χ3v) is 3.99. The third-order valence-electron chi connectivity index (χ3n) is 3.99. The summed E-state index contributed by atoms with van der Waals surface area (Å²) >= 11 is 0. The molecule has 2 atom stereocenters. The van der Waals surface area contributed by atoms with Crippen molar-refractivity contribution in [3.05, 3.63) is 29.8 Å². The van der Waals surface area contributed by atoms with E-state index < -0.39 is 48.0 Å². The maximum absolute atomic E-state index is 12.9. The summed E-state index contributed by atoms with van der Waals surface area (Å²) in [5.74, 6) is -5.57. The Morgan fingerprint density at radius 1 is 1.16 bits per heavy atom. The van der Waals surface area contributed by atoms with Crippen molar-refractivity contribution < 1.29 is 41.0 Å². The van der Waals surface area contributed by atoms with Gasteiger partial charge in [0, 0.05) is 19.6 Å². The van der Waals surface area contributed by atoms with Crippen LogP contribution in [0.15, 0.2) is 24.3 Å². The molecular weight excluding hydrogens is 356 g/mol. The molecule has 0 spiro atoms. The number of likely N-dealkylation sites (tertiary alicyclic amines) is 1. The van der Waals surface area contributed by atoms with E-state index in [0.29, 0.717) is 0 Å². The number of para-hydroxylation sites is 1. The van der Waals surface area contributed by atoms with E-state index in [2.05, 4.69) is 0 Å². The maximum Gasteiger partial charge on any atom is 0.419 e. The number of hydrogen-bond acceptors (Lipinski definition) is 3. The predicted molar refractivity (Wildman–Crippen MR) is 74.0 cm³/mol. The first-order chi connectivity index (χ1) is 11.5. The van der Waals surface area contributed by atoms with Gasteiger partial charge in [0.2, 0.25) is 0 Å². The lowest BCUT2D eigenvalue weighted by atomic mass is 9.96. The Morgan fingerprint density at radius 2 is 1.80 bits per heavy atom. The van der Waals surface area contributed by atoms with Crippen molar-refractivity contribution >= 4 is 5.97 Å². The van der Waals surface area contributed by atoms with Crippen molar-refractivity contribution in [3.8, 4) is 5.75 Å². The summed E-state index contributed by atoms with van der Waals surface area (Å²) in [6.45, 7) is -1.25. The molecule has 1 aromatic carbocycles. The molecule has 2 rings (SSSR count). The second kappa shape index (κ2) is 7.11. The number of halogens is 6. The fourth-order valence-electron chi connectivity index (χ4n) is 2.76. The van der Waals surface area contributed by atoms with Crippen LogP contribution in [0.2, 0.25) is 0 Å². The monoisotopic (exact) mass is 371 g/mol. The van der Waals surface area contributed by atoms with E-state index in [0.717, 1.165) is 12.1 Å². The number of nitrogens with zero attached hydrogens (tertiary/aromatic N) is 1. The second-order valence-corrected chi connectivity index (χ2v) is 5.69. The van der Waals surface area contributed by atoms with Crippen LogP contribution in [0.1, 0.15) is 5.56 Å². The highest BCUT2D eigenvalue weighted by Crippen LogP contribution is 2.38. The number of carboxylic acids is 1. The van der Waals surface area contributed by atoms with E-state index in [9.17, 15) is 31.1 Å². The number of rotatable bonds is 5. The first-order valence-electron chi connectivity index (χ1n) is 7.31. The first-order valence-corrected chi connectivity index (χ1v) is 7.31. The lowest BCUT2D eigenvalue weighted by Crippen LogP contribution is -2.33. The topological polar surface area (TPSA) is 49.8 Å². The van der Waals surface area contributed by atoms with Gasteiger partial charge in [0.1, 0.15) is 12.4 Å². The van der Waals surface area contributed by atoms with Gasteiger partial charge in [-0.25, -0.2) is 0 Å². The van der Waals surface area contributed by atoms with Crippen LogP contribution in [0.25, 0.3) is 0 Å². The van der Waals surface area contributed by atoms with Gasteiger partial charge in [-0.3, -0.25) is 9.69 Å². The van der Waals surface area contributed by atoms with E-state index in [-0.39, 0.29) is 19.7 Å². The molecule has 0 bridgehead atoms. The van der Waals surface area contributed by atoms with Gasteiger partial charge in [-0.15, -0.1) is 0 Å². The summed E-state index contributed by atoms with van der Waals surface area (Å²) in [7, 11) is 0. The molecule has 1 fully saturated rings. The van der Waals surface area contributed by atoms with Gasteiger partial charge in [0.15, 0.2) is 0 Å². The summed E-state index contributed by atoms with van der Waals surface area (Å²) < 4.78 is 82.1. The standard InChI is InChI=1S/C15H15F6NO3/c16-14(17,18)10-3-1-2-4-12(10)25-6-5-22-7-9(13(23)24)11(8-22)15(19,20)21/h1-4,9,11H,5-8H2,(H,23,24)/t9-,11-/m1/s1. The van der Waals surface area contributed by atoms with Gasteiger partial charge in [0.05, 0.1) is 17.4 Å². The number of ether oxygens (including phenoxy) is 1. The van der Waals surface area contributed by atoms with Crippen LogP contribution in [0.4, 0.5) is 26.3 Å². The minimum absolute atomic E-state index is 0.109. The summed E-state index contributed by atoms with van der Waals surface area (Å²) in [4.78, 5) is 12.2. The minimum atomic E-state index is -4.65. The molecule has 0 aliphatic carbocycles. The third kappa shape index (κ3) is 4.77. The molecule has 1 aliphatic rings. The maximum atomic E-state index is 12.9. The average molecular weight is 371 g/mol. The molecule has 25 heavy (non-hydrogen) atoms. The Hall–Kier alpha value is -1.97. The summed E-state index contributed by atoms with van der Waals surface area (Å²) in [5, 5.41) is 8.91. The Bertz CT molecular complexity index is 616. The van der Waals surface area contributed by atoms with Crippen LogP contribution in [0.5, 0.6) is 5.75 Å². The van der Waals surface area contributed by atoms with Crippen molar-refractivity contribution in [1.82, 2.24) is 4.90 Å². The molecule has 1 saturated heterocycles. The molecule has 0 amide bonds. The minimum Gasteiger partial charge on any atom is -0.492 e. The number of hydrogen-bond donors (Lipinski definition) is 1. The molecule has 0 unspecified atom stereocenters. The molecule has 1 aromatic rings. The summed E-state index contributed by atoms with van der Waals surface area (Å²) in [6, 6.07) is 4.50. The van der Waals surface area contributed by atoms with E-state index in [1.807, 2.05) is 0 Å². The van der Waals surface area contributed by atoms with Crippen molar-refractivity contribution in [3.63, 3.8) is 0 Å². The van der Waals surface area contributed by atoms with E-state index in [1.54, 1.807) is 0 Å². The predicted octanol–water partition coefficient (Wildman–Crippen LogP) is 3.28. The van der Waals surface area contributed by atoms with Crippen LogP contribution in [-0.2, 0) is 11.0 Å². The first kappa shape index (κ1) is 19.4. The molecule has 140 valence electrons. The van der Waals surface area contributed by atoms with Crippen LogP contribution >= 0.6 is 0 Å². The Balaban J connectivity index is 1.96. The number of benzene rings is 1. The van der Waals surface area contributed by atoms with Gasteiger partial charge < -0.3 is 9.84 Å². The molecule has 4 nitrogen and oxygen atoms in total. The molecule has 0 radical (unpaired) electrons. The van der Waals surface area contributed by atoms with Crippen molar-refractivity contribution in [2.24, 2.45) is 11.8 Å². The second-order valence-electron chi connectivity index (χ2n) is 5.69. The van der Waals surface area contributed by atoms with Crippen LogP contribution in [-0.4, -0.2) is 48.4 Å². The molecule has 0 saturated carbocycles. The highest BCUT2D eigenvalue weighted by molar-refractivity contribution is 5.71. The van der Waals surface area contributed by atoms with Crippen LogP contribution < -0.4 is 4.74 Å². The average Bonchev–Trinajstić information content (AvgIpc) is 2.91. The van der Waals surface area contributed by atoms with Gasteiger partial charge in [0.25, 0.3) is 0 Å². The number of carboxylic acid groups (broad SMARTS) is 1. The van der Waals surface area contributed by atoms with Crippen molar-refractivity contribution in [1.29, 1.82) is 0 Å². The summed E-state index contributed by atoms with van der Waals surface area (Å²) in [6.07, 6.45) is -9.26. The highest BCUT2D eigenvalue weighted by atomic mass is 19.4. The summed E-state index contributed by atoms with van der Waals surface area (Å²) in [5.41, 5.74) is -0.979. The van der Waals surface area contributed by atoms with Crippen molar-refractivity contribution in [2.75, 3.05) is 26.2 Å². The van der Waals surface area contributed by atoms with E-state index in [4.69, 9.17) is 9.84 Å². The normalized spacial score (nSPS) is 22.2.